The van der Waals surface area contributed by atoms with Crippen LogP contribution >= 0.6 is 15.9 Å². The Labute approximate surface area is 107 Å². The Morgan fingerprint density at radius 3 is 3.06 bits per heavy atom. The third kappa shape index (κ3) is 2.50. The summed E-state index contributed by atoms with van der Waals surface area (Å²) in [6.45, 7) is 0.575. The molecule has 1 aromatic rings. The normalized spacial score (nSPS) is 19.7. The van der Waals surface area contributed by atoms with E-state index in [1.807, 2.05) is 0 Å². The summed E-state index contributed by atoms with van der Waals surface area (Å²) in [5.74, 6) is -0.663. The van der Waals surface area contributed by atoms with Gasteiger partial charge in [0, 0.05) is 11.0 Å². The molecule has 1 heterocycles. The Balaban J connectivity index is 2.27. The van der Waals surface area contributed by atoms with Crippen LogP contribution in [-0.2, 0) is 0 Å². The maximum atomic E-state index is 13.1. The molecule has 1 aromatic carbocycles. The highest BCUT2D eigenvalue weighted by molar-refractivity contribution is 9.10. The first-order valence-electron chi connectivity index (χ1n) is 5.50. The zero-order chi connectivity index (χ0) is 12.4. The fourth-order valence-corrected chi connectivity index (χ4v) is 2.53. The van der Waals surface area contributed by atoms with Gasteiger partial charge in [0.05, 0.1) is 18.2 Å². The third-order valence-electron chi connectivity index (χ3n) is 3.01. The monoisotopic (exact) mass is 301 g/mol. The minimum atomic E-state index is -0.434. The molecule has 1 fully saturated rings. The first-order valence-corrected chi connectivity index (χ1v) is 6.29. The van der Waals surface area contributed by atoms with Crippen LogP contribution in [0.2, 0.25) is 0 Å². The van der Waals surface area contributed by atoms with Gasteiger partial charge in [-0.3, -0.25) is 4.79 Å². The average molecular weight is 302 g/mol. The van der Waals surface area contributed by atoms with Crippen molar-refractivity contribution >= 4 is 21.8 Å². The molecular formula is C12H13BrFNO2. The summed E-state index contributed by atoms with van der Waals surface area (Å²) in [7, 11) is 0. The molecule has 1 saturated heterocycles. The van der Waals surface area contributed by atoms with Crippen LogP contribution in [0.15, 0.2) is 22.7 Å². The molecule has 1 atom stereocenters. The molecule has 17 heavy (non-hydrogen) atoms. The van der Waals surface area contributed by atoms with E-state index >= 15 is 0 Å². The van der Waals surface area contributed by atoms with Gasteiger partial charge in [-0.15, -0.1) is 0 Å². The van der Waals surface area contributed by atoms with Gasteiger partial charge in [-0.1, -0.05) is 0 Å². The van der Waals surface area contributed by atoms with Crippen molar-refractivity contribution in [2.24, 2.45) is 0 Å². The highest BCUT2D eigenvalue weighted by Gasteiger charge is 2.29. The lowest BCUT2D eigenvalue weighted by Gasteiger charge is -2.23. The Kier molecular flexibility index (Phi) is 3.79. The van der Waals surface area contributed by atoms with Gasteiger partial charge in [-0.2, -0.15) is 0 Å². The Bertz CT molecular complexity index is 439. The van der Waals surface area contributed by atoms with Gasteiger partial charge < -0.3 is 10.0 Å². The van der Waals surface area contributed by atoms with E-state index in [0.717, 1.165) is 12.8 Å². The summed E-state index contributed by atoms with van der Waals surface area (Å²) in [6, 6.07) is 3.90. The summed E-state index contributed by atoms with van der Waals surface area (Å²) in [5, 5.41) is 9.18. The highest BCUT2D eigenvalue weighted by atomic mass is 79.9. The molecule has 1 aliphatic heterocycles. The van der Waals surface area contributed by atoms with Gasteiger partial charge in [0.1, 0.15) is 5.82 Å². The number of rotatable bonds is 2. The lowest BCUT2D eigenvalue weighted by molar-refractivity contribution is 0.0676. The molecule has 0 aromatic heterocycles. The smallest absolute Gasteiger partial charge is 0.255 e. The maximum absolute atomic E-state index is 13.1. The number of nitrogens with zero attached hydrogens (tertiary/aromatic N) is 1. The molecule has 1 aliphatic rings. The van der Waals surface area contributed by atoms with Crippen molar-refractivity contribution in [3.05, 3.63) is 34.1 Å². The van der Waals surface area contributed by atoms with Gasteiger partial charge >= 0.3 is 0 Å². The second-order valence-corrected chi connectivity index (χ2v) is 4.96. The molecular weight excluding hydrogens is 289 g/mol. The number of hydrogen-bond acceptors (Lipinski definition) is 2. The van der Waals surface area contributed by atoms with E-state index in [0.29, 0.717) is 16.6 Å². The van der Waals surface area contributed by atoms with E-state index in [-0.39, 0.29) is 18.6 Å². The summed E-state index contributed by atoms with van der Waals surface area (Å²) in [5.41, 5.74) is 0.311. The molecule has 2 rings (SSSR count). The molecule has 3 nitrogen and oxygen atoms in total. The standard InChI is InChI=1S/C12H13BrFNO2/c13-11-4-3-8(14)6-10(11)12(17)15-5-1-2-9(15)7-16/h3-4,6,9,16H,1-2,5,7H2. The quantitative estimate of drug-likeness (QED) is 0.910. The SMILES string of the molecule is O=C(c1cc(F)ccc1Br)N1CCCC1CO. The molecule has 0 aliphatic carbocycles. The minimum Gasteiger partial charge on any atom is -0.394 e. The van der Waals surface area contributed by atoms with Gasteiger partial charge in [0.15, 0.2) is 0 Å². The summed E-state index contributed by atoms with van der Waals surface area (Å²) in [6.07, 6.45) is 1.68. The van der Waals surface area contributed by atoms with E-state index < -0.39 is 5.82 Å². The molecule has 0 spiro atoms. The number of amides is 1. The zero-order valence-electron chi connectivity index (χ0n) is 9.20. The van der Waals surface area contributed by atoms with E-state index in [1.165, 1.54) is 18.2 Å². The summed E-state index contributed by atoms with van der Waals surface area (Å²) < 4.78 is 13.7. The van der Waals surface area contributed by atoms with Crippen molar-refractivity contribution in [1.82, 2.24) is 4.90 Å². The van der Waals surface area contributed by atoms with E-state index in [4.69, 9.17) is 0 Å². The van der Waals surface area contributed by atoms with Crippen molar-refractivity contribution in [2.45, 2.75) is 18.9 Å². The molecule has 5 heteroatoms. The minimum absolute atomic E-state index is 0.0430. The maximum Gasteiger partial charge on any atom is 0.255 e. The van der Waals surface area contributed by atoms with Crippen molar-refractivity contribution in [3.63, 3.8) is 0 Å². The first-order chi connectivity index (χ1) is 8.13. The van der Waals surface area contributed by atoms with Crippen molar-refractivity contribution < 1.29 is 14.3 Å². The van der Waals surface area contributed by atoms with E-state index in [9.17, 15) is 14.3 Å². The lowest BCUT2D eigenvalue weighted by atomic mass is 10.1. The number of halogens is 2. The molecule has 1 N–H and O–H groups in total. The molecule has 92 valence electrons. The van der Waals surface area contributed by atoms with Crippen molar-refractivity contribution in [3.8, 4) is 0 Å². The second-order valence-electron chi connectivity index (χ2n) is 4.10. The number of carbonyl (C=O) groups is 1. The summed E-state index contributed by atoms with van der Waals surface area (Å²) >= 11 is 3.24. The first kappa shape index (κ1) is 12.5. The Morgan fingerprint density at radius 2 is 2.35 bits per heavy atom. The van der Waals surface area contributed by atoms with Gasteiger partial charge in [-0.25, -0.2) is 4.39 Å². The number of carbonyl (C=O) groups excluding carboxylic acids is 1. The van der Waals surface area contributed by atoms with Gasteiger partial charge in [0.2, 0.25) is 0 Å². The molecule has 0 radical (unpaired) electrons. The van der Waals surface area contributed by atoms with Crippen LogP contribution in [0.3, 0.4) is 0 Å². The number of likely N-dealkylation sites (tertiary alicyclic amines) is 1. The predicted octanol–water partition coefficient (Wildman–Crippen LogP) is 2.19. The van der Waals surface area contributed by atoms with Crippen LogP contribution in [0.25, 0.3) is 0 Å². The topological polar surface area (TPSA) is 40.5 Å². The predicted molar refractivity (Wildman–Crippen MR) is 65.2 cm³/mol. The van der Waals surface area contributed by atoms with Crippen LogP contribution in [-0.4, -0.2) is 35.1 Å². The van der Waals surface area contributed by atoms with Crippen LogP contribution < -0.4 is 0 Å². The fourth-order valence-electron chi connectivity index (χ4n) is 2.11. The van der Waals surface area contributed by atoms with E-state index in [2.05, 4.69) is 15.9 Å². The second kappa shape index (κ2) is 5.14. The Morgan fingerprint density at radius 1 is 1.59 bits per heavy atom. The van der Waals surface area contributed by atoms with Gasteiger partial charge in [0.25, 0.3) is 5.91 Å². The van der Waals surface area contributed by atoms with Crippen LogP contribution in [0.4, 0.5) is 4.39 Å². The zero-order valence-corrected chi connectivity index (χ0v) is 10.8. The average Bonchev–Trinajstić information content (AvgIpc) is 2.79. The highest BCUT2D eigenvalue weighted by Crippen LogP contribution is 2.24. The largest absolute Gasteiger partial charge is 0.394 e. The molecule has 1 amide bonds. The van der Waals surface area contributed by atoms with Crippen molar-refractivity contribution in [2.75, 3.05) is 13.2 Å². The van der Waals surface area contributed by atoms with Crippen LogP contribution in [0, 0.1) is 5.82 Å². The van der Waals surface area contributed by atoms with Crippen molar-refractivity contribution in [1.29, 1.82) is 0 Å². The third-order valence-corrected chi connectivity index (χ3v) is 3.70. The number of aliphatic hydroxyl groups excluding tert-OH is 1. The molecule has 0 bridgehead atoms. The number of aliphatic hydroxyl groups is 1. The van der Waals surface area contributed by atoms with Crippen LogP contribution in [0.5, 0.6) is 0 Å². The molecule has 1 unspecified atom stereocenters. The fraction of sp³-hybridized carbons (Fsp3) is 0.417. The molecule has 0 saturated carbocycles. The van der Waals surface area contributed by atoms with Crippen LogP contribution in [0.1, 0.15) is 23.2 Å². The number of benzene rings is 1. The lowest BCUT2D eigenvalue weighted by Crippen LogP contribution is -2.37. The number of hydrogen-bond donors (Lipinski definition) is 1. The van der Waals surface area contributed by atoms with Gasteiger partial charge in [-0.05, 0) is 47.0 Å². The summed E-state index contributed by atoms with van der Waals surface area (Å²) in [4.78, 5) is 13.8. The van der Waals surface area contributed by atoms with E-state index in [1.54, 1.807) is 4.90 Å². The Hall–Kier alpha value is -0.940.